The molecular weight excluding hydrogens is 464 g/mol. The van der Waals surface area contributed by atoms with Crippen LogP contribution in [0.1, 0.15) is 120 Å². The lowest BCUT2D eigenvalue weighted by Crippen LogP contribution is -2.14. The van der Waals surface area contributed by atoms with Crippen molar-refractivity contribution in [1.29, 1.82) is 0 Å². The standard InChI is InChI=1S/C28H46O8/c1-4-5-6-7-8-9-10-11-12-13-14-15-16-17-18-19-23-33-28(30)35-36-34-27(29)26-24(31-2)21-20-22-25(26)32-3/h20-22H,4-19,23H2,1-3H3. The van der Waals surface area contributed by atoms with E-state index in [1.165, 1.54) is 97.7 Å². The highest BCUT2D eigenvalue weighted by atomic mass is 17.5. The van der Waals surface area contributed by atoms with Gasteiger partial charge in [-0.2, -0.15) is 0 Å². The highest BCUT2D eigenvalue weighted by Crippen LogP contribution is 2.29. The zero-order valence-electron chi connectivity index (χ0n) is 22.5. The quantitative estimate of drug-likeness (QED) is 0.0668. The van der Waals surface area contributed by atoms with Crippen molar-refractivity contribution in [2.75, 3.05) is 20.8 Å². The second-order valence-corrected chi connectivity index (χ2v) is 8.96. The molecule has 0 aromatic heterocycles. The summed E-state index contributed by atoms with van der Waals surface area (Å²) in [6.07, 6.45) is 19.3. The zero-order valence-corrected chi connectivity index (χ0v) is 22.5. The van der Waals surface area contributed by atoms with Crippen LogP contribution in [0.5, 0.6) is 11.5 Å². The molecule has 0 N–H and O–H groups in total. The van der Waals surface area contributed by atoms with E-state index in [4.69, 9.17) is 14.2 Å². The third-order valence-electron chi connectivity index (χ3n) is 6.06. The molecule has 0 fully saturated rings. The summed E-state index contributed by atoms with van der Waals surface area (Å²) in [7, 11) is 2.80. The summed E-state index contributed by atoms with van der Waals surface area (Å²) in [5.74, 6) is -0.474. The predicted octanol–water partition coefficient (Wildman–Crippen LogP) is 8.12. The summed E-state index contributed by atoms with van der Waals surface area (Å²) in [6.45, 7) is 2.48. The Kier molecular flexibility index (Phi) is 19.1. The van der Waals surface area contributed by atoms with Gasteiger partial charge in [0.1, 0.15) is 17.1 Å². The van der Waals surface area contributed by atoms with Crippen LogP contribution in [-0.2, 0) is 19.6 Å². The monoisotopic (exact) mass is 510 g/mol. The van der Waals surface area contributed by atoms with E-state index in [0.29, 0.717) is 0 Å². The van der Waals surface area contributed by atoms with Crippen LogP contribution in [0, 0.1) is 0 Å². The summed E-state index contributed by atoms with van der Waals surface area (Å²) in [4.78, 5) is 32.6. The number of carbonyl (C=O) groups is 2. The summed E-state index contributed by atoms with van der Waals surface area (Å²) >= 11 is 0. The van der Waals surface area contributed by atoms with E-state index in [-0.39, 0.29) is 23.7 Å². The molecule has 0 radical (unpaired) electrons. The average molecular weight is 511 g/mol. The highest BCUT2D eigenvalue weighted by Gasteiger charge is 2.22. The van der Waals surface area contributed by atoms with Gasteiger partial charge < -0.3 is 14.2 Å². The molecule has 8 heteroatoms. The van der Waals surface area contributed by atoms with Gasteiger partial charge in [0.2, 0.25) is 0 Å². The maximum Gasteiger partial charge on any atom is 0.543 e. The summed E-state index contributed by atoms with van der Waals surface area (Å²) < 4.78 is 15.1. The van der Waals surface area contributed by atoms with Crippen LogP contribution >= 0.6 is 0 Å². The smallest absolute Gasteiger partial charge is 0.496 e. The van der Waals surface area contributed by atoms with Gasteiger partial charge in [0.15, 0.2) is 0 Å². The number of carbonyl (C=O) groups excluding carboxylic acids is 2. The van der Waals surface area contributed by atoms with Gasteiger partial charge in [0, 0.05) is 0 Å². The van der Waals surface area contributed by atoms with E-state index in [0.717, 1.165) is 19.3 Å². The predicted molar refractivity (Wildman–Crippen MR) is 138 cm³/mol. The first-order valence-corrected chi connectivity index (χ1v) is 13.6. The molecule has 8 nitrogen and oxygen atoms in total. The molecule has 0 aliphatic heterocycles. The number of hydrogen-bond donors (Lipinski definition) is 0. The van der Waals surface area contributed by atoms with Crippen molar-refractivity contribution in [2.45, 2.75) is 110 Å². The van der Waals surface area contributed by atoms with Crippen molar-refractivity contribution >= 4 is 12.1 Å². The second-order valence-electron chi connectivity index (χ2n) is 8.96. The molecule has 0 aliphatic rings. The lowest BCUT2D eigenvalue weighted by molar-refractivity contribution is -0.452. The molecule has 0 bridgehead atoms. The second kappa shape index (κ2) is 21.8. The minimum atomic E-state index is -1.07. The number of methoxy groups -OCH3 is 2. The first-order valence-electron chi connectivity index (χ1n) is 13.6. The highest BCUT2D eigenvalue weighted by molar-refractivity contribution is 5.95. The Hall–Kier alpha value is -2.48. The van der Waals surface area contributed by atoms with Crippen LogP contribution in [0.25, 0.3) is 0 Å². The number of unbranched alkanes of at least 4 members (excludes halogenated alkanes) is 15. The van der Waals surface area contributed by atoms with Crippen LogP contribution in [0.2, 0.25) is 0 Å². The average Bonchev–Trinajstić information content (AvgIpc) is 2.89. The van der Waals surface area contributed by atoms with Gasteiger partial charge in [-0.1, -0.05) is 109 Å². The Morgan fingerprint density at radius 3 is 1.53 bits per heavy atom. The third-order valence-corrected chi connectivity index (χ3v) is 6.06. The van der Waals surface area contributed by atoms with Crippen molar-refractivity contribution in [2.24, 2.45) is 0 Å². The van der Waals surface area contributed by atoms with Crippen LogP contribution in [0.15, 0.2) is 18.2 Å². The van der Waals surface area contributed by atoms with Gasteiger partial charge >= 0.3 is 12.1 Å². The van der Waals surface area contributed by atoms with Crippen molar-refractivity contribution in [1.82, 2.24) is 0 Å². The molecule has 0 amide bonds. The zero-order chi connectivity index (χ0) is 26.3. The van der Waals surface area contributed by atoms with E-state index in [2.05, 4.69) is 21.7 Å². The van der Waals surface area contributed by atoms with Gasteiger partial charge in [-0.25, -0.2) is 14.5 Å². The SMILES string of the molecule is CCCCCCCCCCCCCCCCCCOC(=O)OOOC(=O)c1c(OC)cccc1OC. The number of rotatable bonds is 22. The molecular formula is C28H46O8. The molecule has 1 aromatic carbocycles. The first-order chi connectivity index (χ1) is 17.6. The van der Waals surface area contributed by atoms with Gasteiger partial charge in [-0.3, -0.25) is 4.89 Å². The van der Waals surface area contributed by atoms with Crippen LogP contribution in [0.3, 0.4) is 0 Å². The molecule has 0 atom stereocenters. The largest absolute Gasteiger partial charge is 0.543 e. The van der Waals surface area contributed by atoms with E-state index < -0.39 is 12.1 Å². The Morgan fingerprint density at radius 2 is 1.08 bits per heavy atom. The van der Waals surface area contributed by atoms with Crippen molar-refractivity contribution in [3.63, 3.8) is 0 Å². The summed E-state index contributed by atoms with van der Waals surface area (Å²) in [5, 5.41) is 4.26. The first kappa shape index (κ1) is 31.5. The van der Waals surface area contributed by atoms with Crippen LogP contribution < -0.4 is 9.47 Å². The Balaban J connectivity index is 1.94. The molecule has 36 heavy (non-hydrogen) atoms. The van der Waals surface area contributed by atoms with Crippen molar-refractivity contribution in [3.05, 3.63) is 23.8 Å². The maximum absolute atomic E-state index is 12.2. The van der Waals surface area contributed by atoms with Crippen molar-refractivity contribution < 1.29 is 38.6 Å². The Labute approximate surface area is 216 Å². The Morgan fingerprint density at radius 1 is 0.639 bits per heavy atom. The van der Waals surface area contributed by atoms with Gasteiger partial charge in [-0.05, 0) is 18.6 Å². The number of benzene rings is 1. The number of hydrogen-bond acceptors (Lipinski definition) is 8. The third kappa shape index (κ3) is 14.8. The Bertz CT molecular complexity index is 685. The van der Waals surface area contributed by atoms with Crippen LogP contribution in [-0.4, -0.2) is 33.0 Å². The molecule has 0 heterocycles. The van der Waals surface area contributed by atoms with E-state index in [1.54, 1.807) is 18.2 Å². The van der Waals surface area contributed by atoms with E-state index >= 15 is 0 Å². The lowest BCUT2D eigenvalue weighted by atomic mass is 10.0. The molecule has 1 rings (SSSR count). The lowest BCUT2D eigenvalue weighted by Gasteiger charge is -2.10. The molecule has 1 aromatic rings. The fourth-order valence-electron chi connectivity index (χ4n) is 4.00. The molecule has 0 spiro atoms. The normalized spacial score (nSPS) is 10.6. The van der Waals surface area contributed by atoms with Gasteiger partial charge in [-0.15, -0.1) is 0 Å². The fraction of sp³-hybridized carbons (Fsp3) is 0.714. The maximum atomic E-state index is 12.2. The summed E-state index contributed by atoms with van der Waals surface area (Å²) in [5.41, 5.74) is 0.00707. The minimum Gasteiger partial charge on any atom is -0.496 e. The van der Waals surface area contributed by atoms with E-state index in [9.17, 15) is 9.59 Å². The minimum absolute atomic E-state index is 0.00707. The van der Waals surface area contributed by atoms with Gasteiger partial charge in [0.05, 0.1) is 25.9 Å². The molecule has 0 saturated carbocycles. The molecule has 0 unspecified atom stereocenters. The molecule has 0 aliphatic carbocycles. The topological polar surface area (TPSA) is 89.5 Å². The molecule has 206 valence electrons. The fourth-order valence-corrected chi connectivity index (χ4v) is 4.00. The van der Waals surface area contributed by atoms with Crippen LogP contribution in [0.4, 0.5) is 4.79 Å². The number of ether oxygens (including phenoxy) is 3. The molecule has 0 saturated heterocycles. The van der Waals surface area contributed by atoms with E-state index in [1.807, 2.05) is 0 Å². The summed E-state index contributed by atoms with van der Waals surface area (Å²) in [6, 6.07) is 4.78. The van der Waals surface area contributed by atoms with Gasteiger partial charge in [0.25, 0.3) is 0 Å². The van der Waals surface area contributed by atoms with Crippen molar-refractivity contribution in [3.8, 4) is 11.5 Å².